The Morgan fingerprint density at radius 3 is 2.21 bits per heavy atom. The molecule has 0 radical (unpaired) electrons. The summed E-state index contributed by atoms with van der Waals surface area (Å²) in [6.45, 7) is 8.54. The summed E-state index contributed by atoms with van der Waals surface area (Å²) in [5.74, 6) is -0.896. The largest absolute Gasteiger partial charge is 0.481 e. The van der Waals surface area contributed by atoms with E-state index < -0.39 is 14.5 Å². The van der Waals surface area contributed by atoms with Gasteiger partial charge in [0.1, 0.15) is 0 Å². The molecule has 0 aliphatic rings. The zero-order valence-electron chi connectivity index (χ0n) is 12.0. The van der Waals surface area contributed by atoms with E-state index in [9.17, 15) is 4.79 Å². The highest BCUT2D eigenvalue weighted by atomic mass is 31.2. The minimum atomic E-state index is -1.33. The zero-order chi connectivity index (χ0) is 14.8. The molecule has 0 bridgehead atoms. The van der Waals surface area contributed by atoms with Crippen LogP contribution in [0.1, 0.15) is 40.5 Å². The summed E-state index contributed by atoms with van der Waals surface area (Å²) in [7, 11) is -1.33. The van der Waals surface area contributed by atoms with Gasteiger partial charge in [-0.3, -0.25) is 4.79 Å². The van der Waals surface area contributed by atoms with Gasteiger partial charge in [-0.05, 0) is 27.7 Å². The second kappa shape index (κ2) is 10.1. The topological polar surface area (TPSA) is 82.8 Å². The van der Waals surface area contributed by atoms with Gasteiger partial charge < -0.3 is 14.2 Å². The SMILES string of the molecule is CC(C)N(C(C)C)P(OCCC#N)OCCC(=O)O. The van der Waals surface area contributed by atoms with Crippen LogP contribution in [0.4, 0.5) is 0 Å². The van der Waals surface area contributed by atoms with Gasteiger partial charge in [0.25, 0.3) is 8.53 Å². The van der Waals surface area contributed by atoms with Gasteiger partial charge in [0.05, 0.1) is 32.1 Å². The molecule has 0 saturated carbocycles. The van der Waals surface area contributed by atoms with Crippen molar-refractivity contribution in [2.75, 3.05) is 13.2 Å². The Balaban J connectivity index is 4.52. The van der Waals surface area contributed by atoms with E-state index in [1.165, 1.54) is 0 Å². The molecule has 7 heteroatoms. The Kier molecular flexibility index (Phi) is 9.72. The highest BCUT2D eigenvalue weighted by Crippen LogP contribution is 2.45. The van der Waals surface area contributed by atoms with Crippen molar-refractivity contribution < 1.29 is 18.9 Å². The zero-order valence-corrected chi connectivity index (χ0v) is 12.9. The van der Waals surface area contributed by atoms with E-state index in [4.69, 9.17) is 19.4 Å². The average molecular weight is 290 g/mol. The van der Waals surface area contributed by atoms with Crippen molar-refractivity contribution in [1.82, 2.24) is 4.67 Å². The maximum Gasteiger partial charge on any atom is 0.305 e. The first-order valence-electron chi connectivity index (χ1n) is 6.33. The monoisotopic (exact) mass is 290 g/mol. The van der Waals surface area contributed by atoms with Gasteiger partial charge in [-0.2, -0.15) is 5.26 Å². The molecule has 1 unspecified atom stereocenters. The Bertz CT molecular complexity index is 297. The molecule has 0 heterocycles. The van der Waals surface area contributed by atoms with E-state index in [-0.39, 0.29) is 25.1 Å². The molecule has 0 aliphatic carbocycles. The predicted octanol–water partition coefficient (Wildman–Crippen LogP) is 2.75. The lowest BCUT2D eigenvalue weighted by atomic mass is 10.3. The quantitative estimate of drug-likeness (QED) is 0.492. The minimum absolute atomic E-state index is 0.0511. The fourth-order valence-electron chi connectivity index (χ4n) is 1.52. The number of hydrogen-bond acceptors (Lipinski definition) is 5. The van der Waals surface area contributed by atoms with Gasteiger partial charge in [0.2, 0.25) is 0 Å². The van der Waals surface area contributed by atoms with Gasteiger partial charge in [-0.25, -0.2) is 4.67 Å². The van der Waals surface area contributed by atoms with Gasteiger partial charge in [-0.15, -0.1) is 0 Å². The third kappa shape index (κ3) is 8.12. The van der Waals surface area contributed by atoms with Crippen LogP contribution in [0.3, 0.4) is 0 Å². The molecule has 0 fully saturated rings. The molecule has 0 spiro atoms. The molecule has 0 rings (SSSR count). The Morgan fingerprint density at radius 1 is 1.26 bits per heavy atom. The first-order valence-corrected chi connectivity index (χ1v) is 7.46. The van der Waals surface area contributed by atoms with Crippen LogP contribution in [0.2, 0.25) is 0 Å². The molecule has 0 aromatic rings. The Morgan fingerprint density at radius 2 is 1.79 bits per heavy atom. The Labute approximate surface area is 116 Å². The summed E-state index contributed by atoms with van der Waals surface area (Å²) < 4.78 is 13.2. The van der Waals surface area contributed by atoms with Crippen molar-refractivity contribution in [3.8, 4) is 6.07 Å². The molecule has 0 aliphatic heterocycles. The maximum atomic E-state index is 10.5. The Hall–Kier alpha value is -0.730. The first kappa shape index (κ1) is 18.3. The van der Waals surface area contributed by atoms with Crippen LogP contribution in [0.15, 0.2) is 0 Å². The number of carboxylic acid groups (broad SMARTS) is 1. The second-order valence-electron chi connectivity index (χ2n) is 4.52. The van der Waals surface area contributed by atoms with E-state index >= 15 is 0 Å². The van der Waals surface area contributed by atoms with Crippen LogP contribution >= 0.6 is 8.53 Å². The lowest BCUT2D eigenvalue weighted by molar-refractivity contribution is -0.137. The molecule has 6 nitrogen and oxygen atoms in total. The van der Waals surface area contributed by atoms with Crippen molar-refractivity contribution in [2.24, 2.45) is 0 Å². The fourth-order valence-corrected chi connectivity index (χ4v) is 3.11. The maximum absolute atomic E-state index is 10.5. The third-order valence-corrected chi connectivity index (χ3v) is 4.29. The summed E-state index contributed by atoms with van der Waals surface area (Å²) in [4.78, 5) is 10.5. The molecule has 0 aromatic heterocycles. The minimum Gasteiger partial charge on any atom is -0.481 e. The molecule has 1 N–H and O–H groups in total. The van der Waals surface area contributed by atoms with E-state index in [1.54, 1.807) is 0 Å². The first-order chi connectivity index (χ1) is 8.90. The molecule has 110 valence electrons. The van der Waals surface area contributed by atoms with Crippen molar-refractivity contribution in [2.45, 2.75) is 52.6 Å². The van der Waals surface area contributed by atoms with Crippen molar-refractivity contribution in [3.63, 3.8) is 0 Å². The summed E-state index contributed by atoms with van der Waals surface area (Å²) in [5.41, 5.74) is 0. The predicted molar refractivity (Wildman–Crippen MR) is 73.4 cm³/mol. The summed E-state index contributed by atoms with van der Waals surface area (Å²) >= 11 is 0. The standard InChI is InChI=1S/C12H23N2O4P/c1-10(2)14(11(3)4)19(17-8-5-7-13)18-9-6-12(15)16/h10-11H,5-6,8-9H2,1-4H3,(H,15,16). The molecule has 0 aromatic carbocycles. The lowest BCUT2D eigenvalue weighted by Gasteiger charge is -2.35. The van der Waals surface area contributed by atoms with E-state index in [2.05, 4.69) is 4.67 Å². The van der Waals surface area contributed by atoms with Crippen LogP contribution in [0, 0.1) is 11.3 Å². The summed E-state index contributed by atoms with van der Waals surface area (Å²) in [6.07, 6.45) is 0.246. The van der Waals surface area contributed by atoms with Gasteiger partial charge in [-0.1, -0.05) is 0 Å². The fraction of sp³-hybridized carbons (Fsp3) is 0.833. The number of nitriles is 1. The second-order valence-corrected chi connectivity index (χ2v) is 5.98. The van der Waals surface area contributed by atoms with Gasteiger partial charge >= 0.3 is 5.97 Å². The van der Waals surface area contributed by atoms with E-state index in [0.29, 0.717) is 13.0 Å². The highest BCUT2D eigenvalue weighted by Gasteiger charge is 2.27. The van der Waals surface area contributed by atoms with Crippen LogP contribution in [0.25, 0.3) is 0 Å². The van der Waals surface area contributed by atoms with E-state index in [1.807, 2.05) is 33.8 Å². The number of rotatable bonds is 10. The molecule has 0 amide bonds. The van der Waals surface area contributed by atoms with E-state index in [0.717, 1.165) is 0 Å². The van der Waals surface area contributed by atoms with Crippen LogP contribution in [-0.2, 0) is 13.8 Å². The number of hydrogen-bond donors (Lipinski definition) is 1. The van der Waals surface area contributed by atoms with Gasteiger partial charge in [0.15, 0.2) is 0 Å². The molecular formula is C12H23N2O4P. The molecular weight excluding hydrogens is 267 g/mol. The van der Waals surface area contributed by atoms with Crippen molar-refractivity contribution in [3.05, 3.63) is 0 Å². The van der Waals surface area contributed by atoms with Crippen LogP contribution < -0.4 is 0 Å². The van der Waals surface area contributed by atoms with Crippen molar-refractivity contribution >= 4 is 14.5 Å². The van der Waals surface area contributed by atoms with Gasteiger partial charge in [0, 0.05) is 12.1 Å². The van der Waals surface area contributed by atoms with Crippen molar-refractivity contribution in [1.29, 1.82) is 5.26 Å². The summed E-state index contributed by atoms with van der Waals surface area (Å²) in [5, 5.41) is 17.2. The number of aliphatic carboxylic acids is 1. The average Bonchev–Trinajstić information content (AvgIpc) is 2.27. The number of carboxylic acids is 1. The number of carbonyl (C=O) groups is 1. The van der Waals surface area contributed by atoms with Crippen LogP contribution in [-0.4, -0.2) is 41.0 Å². The highest BCUT2D eigenvalue weighted by molar-refractivity contribution is 7.44. The normalized spacial score (nSPS) is 12.9. The third-order valence-electron chi connectivity index (χ3n) is 2.18. The number of nitrogens with zero attached hydrogens (tertiary/aromatic N) is 2. The molecule has 0 saturated heterocycles. The molecule has 1 atom stereocenters. The lowest BCUT2D eigenvalue weighted by Crippen LogP contribution is -2.33. The summed E-state index contributed by atoms with van der Waals surface area (Å²) in [6, 6.07) is 2.45. The smallest absolute Gasteiger partial charge is 0.305 e. The van der Waals surface area contributed by atoms with Crippen LogP contribution in [0.5, 0.6) is 0 Å². The molecule has 19 heavy (non-hydrogen) atoms.